The van der Waals surface area contributed by atoms with Gasteiger partial charge >= 0.3 is 11.9 Å². The van der Waals surface area contributed by atoms with E-state index in [0.29, 0.717) is 24.6 Å². The average molecular weight is 338 g/mol. The molecule has 1 aromatic rings. The van der Waals surface area contributed by atoms with E-state index in [1.165, 1.54) is 11.3 Å². The van der Waals surface area contributed by atoms with Crippen molar-refractivity contribution in [2.75, 3.05) is 6.61 Å². The molecular formula is C14H18N4O4S. The first kappa shape index (κ1) is 15.9. The van der Waals surface area contributed by atoms with Crippen LogP contribution in [0.4, 0.5) is 5.13 Å². The van der Waals surface area contributed by atoms with Crippen molar-refractivity contribution < 1.29 is 19.0 Å². The van der Waals surface area contributed by atoms with E-state index in [2.05, 4.69) is 20.4 Å². The molecule has 2 heterocycles. The first-order valence-corrected chi connectivity index (χ1v) is 8.45. The Labute approximate surface area is 137 Å². The predicted molar refractivity (Wildman–Crippen MR) is 80.8 cm³/mol. The number of azo groups is 1. The van der Waals surface area contributed by atoms with Crippen molar-refractivity contribution in [1.29, 1.82) is 0 Å². The summed E-state index contributed by atoms with van der Waals surface area (Å²) in [5.41, 5.74) is -0.0732. The average Bonchev–Trinajstić information content (AvgIpc) is 2.93. The van der Waals surface area contributed by atoms with Gasteiger partial charge in [-0.15, -0.1) is 20.4 Å². The van der Waals surface area contributed by atoms with Crippen molar-refractivity contribution in [1.82, 2.24) is 10.2 Å². The van der Waals surface area contributed by atoms with Gasteiger partial charge in [0.15, 0.2) is 0 Å². The second-order valence-electron chi connectivity index (χ2n) is 5.34. The number of hydrogen-bond donors (Lipinski definition) is 0. The number of nitrogens with zero attached hydrogens (tertiary/aromatic N) is 4. The van der Waals surface area contributed by atoms with Gasteiger partial charge in [-0.1, -0.05) is 17.8 Å². The Bertz CT molecular complexity index is 649. The fourth-order valence-corrected chi connectivity index (χ4v) is 3.07. The lowest BCUT2D eigenvalue weighted by atomic mass is 9.93. The first-order valence-electron chi connectivity index (χ1n) is 7.63. The summed E-state index contributed by atoms with van der Waals surface area (Å²) < 4.78 is 16.8. The molecule has 1 spiro atoms. The van der Waals surface area contributed by atoms with E-state index < -0.39 is 11.8 Å². The molecule has 23 heavy (non-hydrogen) atoms. The number of carbonyl (C=O) groups is 1. The Morgan fingerprint density at radius 3 is 2.65 bits per heavy atom. The van der Waals surface area contributed by atoms with Crippen LogP contribution in [-0.2, 0) is 19.0 Å². The maximum absolute atomic E-state index is 12.4. The van der Waals surface area contributed by atoms with Gasteiger partial charge in [0.25, 0.3) is 16.6 Å². The largest absolute Gasteiger partial charge is 0.464 e. The van der Waals surface area contributed by atoms with Gasteiger partial charge < -0.3 is 14.2 Å². The van der Waals surface area contributed by atoms with Gasteiger partial charge in [-0.3, -0.25) is 0 Å². The summed E-state index contributed by atoms with van der Waals surface area (Å²) in [6.45, 7) is 3.98. The number of ether oxygens (including phenoxy) is 3. The highest BCUT2D eigenvalue weighted by molar-refractivity contribution is 7.14. The molecule has 3 rings (SSSR count). The Kier molecular flexibility index (Phi) is 4.56. The van der Waals surface area contributed by atoms with E-state index in [1.54, 1.807) is 0 Å². The molecule has 2 aliphatic rings. The fourth-order valence-electron chi connectivity index (χ4n) is 2.56. The van der Waals surface area contributed by atoms with Crippen LogP contribution in [-0.4, -0.2) is 28.6 Å². The van der Waals surface area contributed by atoms with E-state index in [0.717, 1.165) is 24.3 Å². The monoisotopic (exact) mass is 338 g/mol. The lowest BCUT2D eigenvalue weighted by molar-refractivity contribution is -0.254. The van der Waals surface area contributed by atoms with E-state index >= 15 is 0 Å². The van der Waals surface area contributed by atoms with Crippen LogP contribution in [0, 0.1) is 6.92 Å². The maximum atomic E-state index is 12.4. The van der Waals surface area contributed by atoms with Crippen molar-refractivity contribution in [3.05, 3.63) is 16.6 Å². The number of carbonyl (C=O) groups excluding carboxylic acids is 1. The summed E-state index contributed by atoms with van der Waals surface area (Å²) in [5, 5.41) is 16.6. The zero-order chi connectivity index (χ0) is 16.3. The van der Waals surface area contributed by atoms with Crippen molar-refractivity contribution in [3.63, 3.8) is 0 Å². The van der Waals surface area contributed by atoms with Crippen molar-refractivity contribution in [2.45, 2.75) is 51.7 Å². The van der Waals surface area contributed by atoms with Crippen LogP contribution in [0.25, 0.3) is 0 Å². The van der Waals surface area contributed by atoms with Crippen LogP contribution >= 0.6 is 11.3 Å². The number of aryl methyl sites for hydroxylation is 1. The van der Waals surface area contributed by atoms with Gasteiger partial charge in [0, 0.05) is 12.8 Å². The topological polar surface area (TPSA) is 95.3 Å². The Morgan fingerprint density at radius 2 is 2.00 bits per heavy atom. The van der Waals surface area contributed by atoms with Crippen LogP contribution in [0.2, 0.25) is 0 Å². The van der Waals surface area contributed by atoms with Gasteiger partial charge in [0.2, 0.25) is 0 Å². The quantitative estimate of drug-likeness (QED) is 0.617. The molecule has 0 saturated heterocycles. The van der Waals surface area contributed by atoms with Gasteiger partial charge in [-0.05, 0) is 26.7 Å². The van der Waals surface area contributed by atoms with Crippen molar-refractivity contribution in [2.24, 2.45) is 10.2 Å². The van der Waals surface area contributed by atoms with Crippen LogP contribution in [0.5, 0.6) is 0 Å². The molecule has 1 saturated carbocycles. The lowest BCUT2D eigenvalue weighted by Gasteiger charge is -2.39. The SMILES string of the molecule is CCOC1=C(N=Nc2nnc(C)s2)C(=O)OC2(CCCCC2)O1. The minimum Gasteiger partial charge on any atom is -0.464 e. The summed E-state index contributed by atoms with van der Waals surface area (Å²) in [6.07, 6.45) is 4.34. The Hall–Kier alpha value is -2.03. The molecule has 0 unspecified atom stereocenters. The molecule has 0 aromatic carbocycles. The number of aromatic nitrogens is 2. The lowest BCUT2D eigenvalue weighted by Crippen LogP contribution is -2.44. The Balaban J connectivity index is 1.86. The third-order valence-corrected chi connectivity index (χ3v) is 4.31. The summed E-state index contributed by atoms with van der Waals surface area (Å²) in [4.78, 5) is 12.4. The number of rotatable bonds is 4. The summed E-state index contributed by atoms with van der Waals surface area (Å²) in [7, 11) is 0. The van der Waals surface area contributed by atoms with E-state index in [9.17, 15) is 4.79 Å². The number of hydrogen-bond acceptors (Lipinski definition) is 9. The van der Waals surface area contributed by atoms with Crippen LogP contribution in [0.15, 0.2) is 21.9 Å². The van der Waals surface area contributed by atoms with E-state index in [1.807, 2.05) is 13.8 Å². The zero-order valence-electron chi connectivity index (χ0n) is 13.1. The summed E-state index contributed by atoms with van der Waals surface area (Å²) in [6, 6.07) is 0. The molecule has 1 aromatic heterocycles. The minimum atomic E-state index is -0.918. The molecule has 0 amide bonds. The van der Waals surface area contributed by atoms with Gasteiger partial charge in [-0.25, -0.2) is 4.79 Å². The van der Waals surface area contributed by atoms with Crippen LogP contribution in [0.3, 0.4) is 0 Å². The second kappa shape index (κ2) is 6.61. The van der Waals surface area contributed by atoms with Gasteiger partial charge in [0.05, 0.1) is 6.61 Å². The van der Waals surface area contributed by atoms with E-state index in [-0.39, 0.29) is 11.6 Å². The Morgan fingerprint density at radius 1 is 1.22 bits per heavy atom. The van der Waals surface area contributed by atoms with Crippen molar-refractivity contribution in [3.8, 4) is 0 Å². The van der Waals surface area contributed by atoms with Gasteiger partial charge in [-0.2, -0.15) is 0 Å². The summed E-state index contributed by atoms with van der Waals surface area (Å²) in [5.74, 6) is -1.42. The van der Waals surface area contributed by atoms with Crippen LogP contribution < -0.4 is 0 Å². The second-order valence-corrected chi connectivity index (χ2v) is 6.50. The first-order chi connectivity index (χ1) is 11.1. The molecule has 9 heteroatoms. The molecule has 0 bridgehead atoms. The van der Waals surface area contributed by atoms with Gasteiger partial charge in [0.1, 0.15) is 5.01 Å². The molecule has 1 aliphatic carbocycles. The molecular weight excluding hydrogens is 320 g/mol. The zero-order valence-corrected chi connectivity index (χ0v) is 13.9. The highest BCUT2D eigenvalue weighted by atomic mass is 32.1. The predicted octanol–water partition coefficient (Wildman–Crippen LogP) is 3.37. The highest BCUT2D eigenvalue weighted by Gasteiger charge is 2.45. The highest BCUT2D eigenvalue weighted by Crippen LogP contribution is 2.39. The minimum absolute atomic E-state index is 0.0732. The summed E-state index contributed by atoms with van der Waals surface area (Å²) >= 11 is 1.27. The van der Waals surface area contributed by atoms with Crippen LogP contribution in [0.1, 0.15) is 44.0 Å². The maximum Gasteiger partial charge on any atom is 0.369 e. The number of esters is 1. The molecule has 0 N–H and O–H groups in total. The standard InChI is InChI=1S/C14H18N4O4S/c1-3-20-12-10(16-18-13-17-15-9(2)23-13)11(19)21-14(22-12)7-5-4-6-8-14/h3-8H2,1-2H3. The van der Waals surface area contributed by atoms with E-state index in [4.69, 9.17) is 14.2 Å². The molecule has 0 radical (unpaired) electrons. The normalized spacial score (nSPS) is 20.7. The molecule has 8 nitrogen and oxygen atoms in total. The molecule has 1 fully saturated rings. The fraction of sp³-hybridized carbons (Fsp3) is 0.643. The molecule has 0 atom stereocenters. The molecule has 124 valence electrons. The third kappa shape index (κ3) is 3.49. The third-order valence-electron chi connectivity index (χ3n) is 3.59. The smallest absolute Gasteiger partial charge is 0.369 e. The molecule has 1 aliphatic heterocycles. The van der Waals surface area contributed by atoms with Crippen molar-refractivity contribution >= 4 is 22.4 Å².